The number of halogens is 1. The topological polar surface area (TPSA) is 77.8 Å². The standard InChI is InChI=1S/C3H8BrO4P/c4-1-3(5)2-9(6,7)8/h3,5H,1-2H2,(H2,6,7,8). The molecule has 0 aliphatic heterocycles. The van der Waals surface area contributed by atoms with Crippen LogP contribution in [0.15, 0.2) is 0 Å². The summed E-state index contributed by atoms with van der Waals surface area (Å²) in [6, 6.07) is 0. The van der Waals surface area contributed by atoms with Gasteiger partial charge in [0.15, 0.2) is 0 Å². The summed E-state index contributed by atoms with van der Waals surface area (Å²) >= 11 is 2.87. The minimum atomic E-state index is -4.02. The molecule has 0 radical (unpaired) electrons. The fourth-order valence-electron chi connectivity index (χ4n) is 0.323. The molecule has 0 saturated heterocycles. The SMILES string of the molecule is O=P(O)(O)CC(O)CBr. The van der Waals surface area contributed by atoms with Crippen LogP contribution < -0.4 is 0 Å². The number of alkyl halides is 1. The molecule has 4 nitrogen and oxygen atoms in total. The monoisotopic (exact) mass is 218 g/mol. The van der Waals surface area contributed by atoms with Crippen LogP contribution in [0.5, 0.6) is 0 Å². The van der Waals surface area contributed by atoms with Crippen molar-refractivity contribution in [3.05, 3.63) is 0 Å². The molecule has 6 heteroatoms. The van der Waals surface area contributed by atoms with Gasteiger partial charge in [-0.1, -0.05) is 15.9 Å². The largest absolute Gasteiger partial charge is 0.392 e. The Bertz CT molecular complexity index is 121. The van der Waals surface area contributed by atoms with Gasteiger partial charge in [0.05, 0.1) is 12.3 Å². The summed E-state index contributed by atoms with van der Waals surface area (Å²) < 4.78 is 10.1. The molecule has 0 spiro atoms. The Kier molecular flexibility index (Phi) is 3.93. The first-order valence-electron chi connectivity index (χ1n) is 2.24. The van der Waals surface area contributed by atoms with Gasteiger partial charge in [0, 0.05) is 5.33 Å². The average Bonchev–Trinajstić information content (AvgIpc) is 1.62. The van der Waals surface area contributed by atoms with Crippen LogP contribution in [0, 0.1) is 0 Å². The summed E-state index contributed by atoms with van der Waals surface area (Å²) in [4.78, 5) is 16.5. The highest BCUT2D eigenvalue weighted by molar-refractivity contribution is 9.09. The zero-order valence-corrected chi connectivity index (χ0v) is 7.05. The highest BCUT2D eigenvalue weighted by Gasteiger charge is 2.17. The van der Waals surface area contributed by atoms with E-state index < -0.39 is 19.9 Å². The van der Waals surface area contributed by atoms with Gasteiger partial charge in [0.25, 0.3) is 0 Å². The minimum absolute atomic E-state index is 0.193. The van der Waals surface area contributed by atoms with Gasteiger partial charge in [-0.2, -0.15) is 0 Å². The molecule has 0 aromatic carbocycles. The van der Waals surface area contributed by atoms with Gasteiger partial charge >= 0.3 is 7.60 Å². The fraction of sp³-hybridized carbons (Fsp3) is 1.00. The lowest BCUT2D eigenvalue weighted by Gasteiger charge is -2.06. The van der Waals surface area contributed by atoms with Crippen molar-refractivity contribution in [3.63, 3.8) is 0 Å². The zero-order valence-electron chi connectivity index (χ0n) is 4.57. The number of aliphatic hydroxyl groups is 1. The van der Waals surface area contributed by atoms with E-state index in [0.29, 0.717) is 0 Å². The van der Waals surface area contributed by atoms with E-state index in [1.54, 1.807) is 0 Å². The third-order valence-electron chi connectivity index (χ3n) is 0.627. The lowest BCUT2D eigenvalue weighted by Crippen LogP contribution is -2.13. The highest BCUT2D eigenvalue weighted by Crippen LogP contribution is 2.34. The second-order valence-electron chi connectivity index (χ2n) is 1.66. The van der Waals surface area contributed by atoms with Gasteiger partial charge in [-0.15, -0.1) is 0 Å². The summed E-state index contributed by atoms with van der Waals surface area (Å²) in [5.41, 5.74) is 0. The molecule has 3 N–H and O–H groups in total. The summed E-state index contributed by atoms with van der Waals surface area (Å²) in [6.07, 6.45) is -1.43. The molecule has 9 heavy (non-hydrogen) atoms. The van der Waals surface area contributed by atoms with Crippen molar-refractivity contribution in [3.8, 4) is 0 Å². The average molecular weight is 219 g/mol. The van der Waals surface area contributed by atoms with Crippen molar-refractivity contribution in [1.29, 1.82) is 0 Å². The van der Waals surface area contributed by atoms with Crippen LogP contribution in [0.3, 0.4) is 0 Å². The number of hydrogen-bond acceptors (Lipinski definition) is 2. The molecule has 0 rings (SSSR count). The number of hydrogen-bond donors (Lipinski definition) is 3. The first-order valence-corrected chi connectivity index (χ1v) is 5.16. The lowest BCUT2D eigenvalue weighted by molar-refractivity contribution is 0.214. The second kappa shape index (κ2) is 3.68. The summed E-state index contributed by atoms with van der Waals surface area (Å²) in [5, 5.41) is 8.85. The maximum Gasteiger partial charge on any atom is 0.328 e. The Morgan fingerprint density at radius 1 is 1.56 bits per heavy atom. The van der Waals surface area contributed by atoms with Crippen molar-refractivity contribution < 1.29 is 19.5 Å². The van der Waals surface area contributed by atoms with Crippen molar-refractivity contribution in [2.45, 2.75) is 6.10 Å². The Morgan fingerprint density at radius 3 is 2.11 bits per heavy atom. The van der Waals surface area contributed by atoms with Crippen LogP contribution in [0.1, 0.15) is 0 Å². The van der Waals surface area contributed by atoms with Gasteiger partial charge < -0.3 is 14.9 Å². The first kappa shape index (κ1) is 9.59. The zero-order chi connectivity index (χ0) is 7.49. The Balaban J connectivity index is 3.60. The smallest absolute Gasteiger partial charge is 0.328 e. The minimum Gasteiger partial charge on any atom is -0.392 e. The third kappa shape index (κ3) is 6.48. The van der Waals surface area contributed by atoms with E-state index in [1.807, 2.05) is 0 Å². The number of rotatable bonds is 3. The highest BCUT2D eigenvalue weighted by atomic mass is 79.9. The molecule has 0 aromatic rings. The molecule has 56 valence electrons. The molecule has 1 atom stereocenters. The van der Waals surface area contributed by atoms with E-state index >= 15 is 0 Å². The Hall–Kier alpha value is 0.590. The molecule has 0 heterocycles. The molecule has 0 aliphatic carbocycles. The Morgan fingerprint density at radius 2 is 2.00 bits per heavy atom. The second-order valence-corrected chi connectivity index (χ2v) is 4.00. The summed E-state index contributed by atoms with van der Waals surface area (Å²) in [5.74, 6) is 0. The fourth-order valence-corrected chi connectivity index (χ4v) is 1.58. The van der Waals surface area contributed by atoms with Gasteiger partial charge in [-0.05, 0) is 0 Å². The van der Waals surface area contributed by atoms with Gasteiger partial charge in [0.1, 0.15) is 0 Å². The normalized spacial score (nSPS) is 15.6. The van der Waals surface area contributed by atoms with Crippen LogP contribution in [0.2, 0.25) is 0 Å². The van der Waals surface area contributed by atoms with Gasteiger partial charge in [-0.3, -0.25) is 4.57 Å². The van der Waals surface area contributed by atoms with Gasteiger partial charge in [0.2, 0.25) is 0 Å². The molecular formula is C3H8BrO4P. The van der Waals surface area contributed by atoms with E-state index in [2.05, 4.69) is 15.9 Å². The van der Waals surface area contributed by atoms with Gasteiger partial charge in [-0.25, -0.2) is 0 Å². The predicted octanol–water partition coefficient (Wildman–Crippen LogP) is -0.0801. The summed E-state index contributed by atoms with van der Waals surface area (Å²) in [6.45, 7) is 0. The van der Waals surface area contributed by atoms with Crippen LogP contribution in [0.4, 0.5) is 0 Å². The quantitative estimate of drug-likeness (QED) is 0.458. The summed E-state index contributed by atoms with van der Waals surface area (Å²) in [7, 11) is -4.02. The molecule has 0 aliphatic rings. The van der Waals surface area contributed by atoms with Crippen LogP contribution in [-0.4, -0.2) is 32.5 Å². The van der Waals surface area contributed by atoms with Crippen molar-refractivity contribution in [2.75, 3.05) is 11.5 Å². The van der Waals surface area contributed by atoms with Crippen LogP contribution in [-0.2, 0) is 4.57 Å². The Labute approximate surface area is 61.2 Å². The third-order valence-corrected chi connectivity index (χ3v) is 2.27. The predicted molar refractivity (Wildman–Crippen MR) is 36.7 cm³/mol. The van der Waals surface area contributed by atoms with E-state index in [-0.39, 0.29) is 5.33 Å². The van der Waals surface area contributed by atoms with E-state index in [1.165, 1.54) is 0 Å². The molecule has 0 bridgehead atoms. The van der Waals surface area contributed by atoms with Crippen molar-refractivity contribution in [1.82, 2.24) is 0 Å². The molecule has 0 saturated carbocycles. The maximum absolute atomic E-state index is 10.1. The molecular weight excluding hydrogens is 211 g/mol. The van der Waals surface area contributed by atoms with E-state index in [4.69, 9.17) is 14.9 Å². The molecule has 0 fully saturated rings. The van der Waals surface area contributed by atoms with Crippen molar-refractivity contribution in [2.24, 2.45) is 0 Å². The van der Waals surface area contributed by atoms with Crippen LogP contribution >= 0.6 is 23.5 Å². The van der Waals surface area contributed by atoms with Crippen LogP contribution in [0.25, 0.3) is 0 Å². The molecule has 1 unspecified atom stereocenters. The van der Waals surface area contributed by atoms with E-state index in [0.717, 1.165) is 0 Å². The molecule has 0 amide bonds. The van der Waals surface area contributed by atoms with Crippen molar-refractivity contribution >= 4 is 23.5 Å². The lowest BCUT2D eigenvalue weighted by atomic mass is 10.5. The number of aliphatic hydroxyl groups excluding tert-OH is 1. The maximum atomic E-state index is 10.1. The van der Waals surface area contributed by atoms with E-state index in [9.17, 15) is 4.57 Å². The molecule has 0 aromatic heterocycles. The first-order chi connectivity index (χ1) is 3.95.